The molecule has 28 heavy (non-hydrogen) atoms. The van der Waals surface area contributed by atoms with Crippen molar-refractivity contribution in [2.75, 3.05) is 25.1 Å². The molecule has 0 radical (unpaired) electrons. The molecule has 0 atom stereocenters. The maximum Gasteiger partial charge on any atom is 0.330 e. The molecule has 3 rings (SSSR count). The third kappa shape index (κ3) is 5.48. The van der Waals surface area contributed by atoms with Crippen LogP contribution >= 0.6 is 0 Å². The fourth-order valence-corrected chi connectivity index (χ4v) is 2.92. The molecule has 2 aromatic carbocycles. The average Bonchev–Trinajstić information content (AvgIpc) is 2.74. The Morgan fingerprint density at radius 1 is 1.18 bits per heavy atom. The largest absolute Gasteiger partial charge is 0.486 e. The van der Waals surface area contributed by atoms with Gasteiger partial charge in [0.15, 0.2) is 11.5 Å². The van der Waals surface area contributed by atoms with Gasteiger partial charge in [-0.1, -0.05) is 13.0 Å². The van der Waals surface area contributed by atoms with Crippen LogP contribution in [0, 0.1) is 11.3 Å². The Labute approximate surface area is 165 Å². The van der Waals surface area contributed by atoms with Crippen molar-refractivity contribution in [1.29, 1.82) is 5.26 Å². The topological polar surface area (TPSA) is 80.6 Å². The van der Waals surface area contributed by atoms with Gasteiger partial charge in [0, 0.05) is 18.5 Å². The molecule has 146 valence electrons. The van der Waals surface area contributed by atoms with E-state index in [-0.39, 0.29) is 12.6 Å². The van der Waals surface area contributed by atoms with Crippen molar-refractivity contribution in [2.45, 2.75) is 32.3 Å². The summed E-state index contributed by atoms with van der Waals surface area (Å²) in [6.07, 6.45) is 2.55. The first-order valence-corrected chi connectivity index (χ1v) is 9.50. The van der Waals surface area contributed by atoms with Gasteiger partial charge in [-0.05, 0) is 48.4 Å². The molecule has 2 aromatic rings. The second-order valence-electron chi connectivity index (χ2n) is 6.58. The van der Waals surface area contributed by atoms with Crippen molar-refractivity contribution in [3.05, 3.63) is 53.6 Å². The minimum absolute atomic E-state index is 0.0129. The van der Waals surface area contributed by atoms with E-state index < -0.39 is 5.97 Å². The van der Waals surface area contributed by atoms with Crippen molar-refractivity contribution < 1.29 is 19.0 Å². The fourth-order valence-electron chi connectivity index (χ4n) is 2.92. The van der Waals surface area contributed by atoms with E-state index in [1.54, 1.807) is 24.3 Å². The number of benzene rings is 2. The second kappa shape index (κ2) is 9.77. The molecule has 0 amide bonds. The van der Waals surface area contributed by atoms with Crippen LogP contribution < -0.4 is 14.8 Å². The lowest BCUT2D eigenvalue weighted by Gasteiger charge is -2.24. The van der Waals surface area contributed by atoms with Crippen molar-refractivity contribution in [2.24, 2.45) is 0 Å². The summed E-state index contributed by atoms with van der Waals surface area (Å²) < 4.78 is 17.0. The van der Waals surface area contributed by atoms with Crippen LogP contribution in [0.4, 0.5) is 5.69 Å². The Bertz CT molecular complexity index is 837. The first kappa shape index (κ1) is 19.7. The normalized spacial score (nSPS) is 14.1. The van der Waals surface area contributed by atoms with Gasteiger partial charge in [-0.2, -0.15) is 5.26 Å². The van der Waals surface area contributed by atoms with Crippen molar-refractivity contribution in [3.8, 4) is 17.6 Å². The summed E-state index contributed by atoms with van der Waals surface area (Å²) in [7, 11) is 0. The highest BCUT2D eigenvalue weighted by molar-refractivity contribution is 5.78. The number of ether oxygens (including phenoxy) is 3. The minimum Gasteiger partial charge on any atom is -0.486 e. The van der Waals surface area contributed by atoms with Crippen LogP contribution in [0.3, 0.4) is 0 Å². The van der Waals surface area contributed by atoms with E-state index in [1.807, 2.05) is 25.1 Å². The molecule has 0 saturated carbocycles. The summed E-state index contributed by atoms with van der Waals surface area (Å²) in [6.45, 7) is 3.42. The highest BCUT2D eigenvalue weighted by Crippen LogP contribution is 2.31. The highest BCUT2D eigenvalue weighted by Gasteiger charge is 2.19. The molecule has 0 aliphatic carbocycles. The molecule has 1 N–H and O–H groups in total. The van der Waals surface area contributed by atoms with E-state index >= 15 is 0 Å². The summed E-state index contributed by atoms with van der Waals surface area (Å²) in [5.41, 5.74) is 2.39. The molecule has 0 aromatic heterocycles. The summed E-state index contributed by atoms with van der Waals surface area (Å²) in [5, 5.41) is 11.8. The van der Waals surface area contributed by atoms with Crippen LogP contribution in [0.25, 0.3) is 0 Å². The number of nitriles is 1. The van der Waals surface area contributed by atoms with E-state index in [2.05, 4.69) is 11.4 Å². The number of nitrogens with one attached hydrogen (secondary N) is 1. The number of hydrogen-bond donors (Lipinski definition) is 1. The maximum absolute atomic E-state index is 12.3. The molecule has 0 spiro atoms. The lowest BCUT2D eigenvalue weighted by atomic mass is 10.1. The summed E-state index contributed by atoms with van der Waals surface area (Å²) >= 11 is 0. The van der Waals surface area contributed by atoms with E-state index in [0.29, 0.717) is 30.3 Å². The van der Waals surface area contributed by atoms with E-state index in [4.69, 9.17) is 19.5 Å². The van der Waals surface area contributed by atoms with Gasteiger partial charge < -0.3 is 19.5 Å². The van der Waals surface area contributed by atoms with Crippen LogP contribution in [0.1, 0.15) is 30.9 Å². The van der Waals surface area contributed by atoms with E-state index in [1.165, 1.54) is 0 Å². The Hall–Kier alpha value is -3.04. The Morgan fingerprint density at radius 2 is 1.93 bits per heavy atom. The Kier molecular flexibility index (Phi) is 6.88. The number of carbonyl (C=O) groups is 1. The number of aryl methyl sites for hydroxylation is 1. The third-order valence-electron chi connectivity index (χ3n) is 4.55. The lowest BCUT2D eigenvalue weighted by molar-refractivity contribution is -0.132. The Morgan fingerprint density at radius 3 is 2.61 bits per heavy atom. The van der Waals surface area contributed by atoms with E-state index in [9.17, 15) is 4.79 Å². The van der Waals surface area contributed by atoms with Gasteiger partial charge in [0.05, 0.1) is 24.8 Å². The van der Waals surface area contributed by atoms with Gasteiger partial charge in [-0.15, -0.1) is 0 Å². The number of carbonyl (C=O) groups excluding carboxylic acids is 1. The summed E-state index contributed by atoms with van der Waals surface area (Å²) in [4.78, 5) is 12.3. The SMILES string of the molecule is CCc1ccc(OC2CCOCC2)c(OC(=O)CNc2ccc(C#N)cc2)c1. The molecular weight excluding hydrogens is 356 g/mol. The van der Waals surface area contributed by atoms with Crippen LogP contribution in [0.5, 0.6) is 11.5 Å². The van der Waals surface area contributed by atoms with Crippen LogP contribution in [-0.4, -0.2) is 31.8 Å². The number of esters is 1. The highest BCUT2D eigenvalue weighted by atomic mass is 16.6. The molecular formula is C22H24N2O4. The van der Waals surface area contributed by atoms with Crippen LogP contribution in [-0.2, 0) is 16.0 Å². The smallest absolute Gasteiger partial charge is 0.330 e. The molecule has 6 heteroatoms. The quantitative estimate of drug-likeness (QED) is 0.583. The number of anilines is 1. The number of rotatable bonds is 7. The zero-order valence-electron chi connectivity index (χ0n) is 15.9. The second-order valence-corrected chi connectivity index (χ2v) is 6.58. The van der Waals surface area contributed by atoms with Gasteiger partial charge in [-0.3, -0.25) is 0 Å². The molecule has 6 nitrogen and oxygen atoms in total. The first-order chi connectivity index (χ1) is 13.7. The van der Waals surface area contributed by atoms with Gasteiger partial charge in [0.1, 0.15) is 12.6 Å². The third-order valence-corrected chi connectivity index (χ3v) is 4.55. The van der Waals surface area contributed by atoms with Gasteiger partial charge in [0.2, 0.25) is 0 Å². The molecule has 1 heterocycles. The zero-order valence-corrected chi connectivity index (χ0v) is 15.9. The molecule has 1 aliphatic rings. The monoisotopic (exact) mass is 380 g/mol. The van der Waals surface area contributed by atoms with Gasteiger partial charge >= 0.3 is 5.97 Å². The average molecular weight is 380 g/mol. The van der Waals surface area contributed by atoms with Crippen LogP contribution in [0.15, 0.2) is 42.5 Å². The summed E-state index contributed by atoms with van der Waals surface area (Å²) in [5.74, 6) is 0.614. The molecule has 1 aliphatic heterocycles. The van der Waals surface area contributed by atoms with Crippen molar-refractivity contribution in [1.82, 2.24) is 0 Å². The standard InChI is InChI=1S/C22H24N2O4/c1-2-16-5-8-20(27-19-9-11-26-12-10-19)21(13-16)28-22(25)15-24-18-6-3-17(14-23)4-7-18/h3-8,13,19,24H,2,9-12,15H2,1H3. The first-order valence-electron chi connectivity index (χ1n) is 9.50. The number of nitrogens with zero attached hydrogens (tertiary/aromatic N) is 1. The summed E-state index contributed by atoms with van der Waals surface area (Å²) in [6, 6.07) is 14.7. The van der Waals surface area contributed by atoms with Crippen molar-refractivity contribution in [3.63, 3.8) is 0 Å². The van der Waals surface area contributed by atoms with Crippen molar-refractivity contribution >= 4 is 11.7 Å². The molecule has 0 unspecified atom stereocenters. The maximum atomic E-state index is 12.3. The van der Waals surface area contributed by atoms with Gasteiger partial charge in [0.25, 0.3) is 0 Å². The zero-order chi connectivity index (χ0) is 19.8. The van der Waals surface area contributed by atoms with Crippen LogP contribution in [0.2, 0.25) is 0 Å². The van der Waals surface area contributed by atoms with E-state index in [0.717, 1.165) is 30.5 Å². The number of hydrogen-bond acceptors (Lipinski definition) is 6. The Balaban J connectivity index is 1.63. The molecule has 1 fully saturated rings. The molecule has 1 saturated heterocycles. The van der Waals surface area contributed by atoms with Gasteiger partial charge in [-0.25, -0.2) is 4.79 Å². The fraction of sp³-hybridized carbons (Fsp3) is 0.364. The molecule has 0 bridgehead atoms. The lowest BCUT2D eigenvalue weighted by Crippen LogP contribution is -2.26. The minimum atomic E-state index is -0.408. The predicted octanol–water partition coefficient (Wildman–Crippen LogP) is 3.70. The predicted molar refractivity (Wildman–Crippen MR) is 106 cm³/mol.